The van der Waals surface area contributed by atoms with Gasteiger partial charge in [0.25, 0.3) is 0 Å². The number of hydrogen-bond donors (Lipinski definition) is 8. The second-order valence-corrected chi connectivity index (χ2v) is 14.9. The Bertz CT molecular complexity index is 1110. The minimum absolute atomic E-state index is 0.00419. The van der Waals surface area contributed by atoms with E-state index in [1.165, 1.54) is 6.92 Å². The van der Waals surface area contributed by atoms with Crippen LogP contribution < -0.4 is 5.73 Å². The number of allylic oxidation sites excluding steroid dienone is 2. The average molecular weight is 692 g/mol. The molecule has 1 aliphatic carbocycles. The zero-order valence-electron chi connectivity index (χ0n) is 28.8. The van der Waals surface area contributed by atoms with Gasteiger partial charge in [-0.2, -0.15) is 0 Å². The molecule has 15 nitrogen and oxygen atoms in total. The van der Waals surface area contributed by atoms with Crippen molar-refractivity contribution in [2.24, 2.45) is 28.4 Å². The predicted octanol–water partition coefficient (Wildman–Crippen LogP) is -0.952. The average Bonchev–Trinajstić information content (AvgIpc) is 3.03. The van der Waals surface area contributed by atoms with E-state index >= 15 is 0 Å². The first-order valence-corrected chi connectivity index (χ1v) is 17.0. The highest BCUT2D eigenvalue weighted by atomic mass is 16.8. The summed E-state index contributed by atoms with van der Waals surface area (Å²) in [6.07, 6.45) is -11.5. The third-order valence-corrected chi connectivity index (χ3v) is 10.7. The van der Waals surface area contributed by atoms with E-state index in [2.05, 4.69) is 19.9 Å². The van der Waals surface area contributed by atoms with Crippen molar-refractivity contribution < 1.29 is 69.0 Å². The Morgan fingerprint density at radius 2 is 1.56 bits per heavy atom. The number of carbonyl (C=O) groups is 1. The molecule has 0 radical (unpaired) electrons. The molecule has 1 saturated carbocycles. The normalized spacial score (nSPS) is 47.0. The molecule has 4 rings (SSSR count). The molecule has 278 valence electrons. The van der Waals surface area contributed by atoms with E-state index in [-0.39, 0.29) is 17.9 Å². The summed E-state index contributed by atoms with van der Waals surface area (Å²) in [6.45, 7) is 10.2. The summed E-state index contributed by atoms with van der Waals surface area (Å²) in [5.74, 6) is -1.86. The molecule has 0 amide bonds. The lowest BCUT2D eigenvalue weighted by molar-refractivity contribution is -0.364. The second kappa shape index (κ2) is 15.9. The topological polar surface area (TPSA) is 240 Å². The van der Waals surface area contributed by atoms with Crippen LogP contribution in [0.3, 0.4) is 0 Å². The van der Waals surface area contributed by atoms with Gasteiger partial charge in [0.15, 0.2) is 18.7 Å². The molecule has 9 N–H and O–H groups in total. The SMILES string of the molecule is CC/C=C(\C)C1CC(C)(C)CC[C@@]1(C)C(=O)O[C@@H]1OC(CO)[C@H](N)C(O)C1O[C@@H]1OC(C)[C@H](O[C@@H]2OC[C@@H](O)C(O)C2O)C(O)C1CO. The van der Waals surface area contributed by atoms with E-state index in [9.17, 15) is 40.5 Å². The zero-order chi connectivity index (χ0) is 35.7. The van der Waals surface area contributed by atoms with Crippen LogP contribution in [0.15, 0.2) is 11.6 Å². The van der Waals surface area contributed by atoms with E-state index in [0.717, 1.165) is 24.8 Å². The van der Waals surface area contributed by atoms with Crippen LogP contribution in [0.4, 0.5) is 0 Å². The lowest BCUT2D eigenvalue weighted by Crippen LogP contribution is -2.66. The monoisotopic (exact) mass is 691 g/mol. The maximum Gasteiger partial charge on any atom is 0.314 e. The molecule has 0 aromatic rings. The number of rotatable bonds is 10. The van der Waals surface area contributed by atoms with Crippen molar-refractivity contribution in [3.05, 3.63) is 11.6 Å². The molecular formula is C33H57NO14. The van der Waals surface area contributed by atoms with E-state index in [4.69, 9.17) is 34.2 Å². The first-order chi connectivity index (χ1) is 22.5. The molecule has 4 aliphatic rings. The number of hydrogen-bond acceptors (Lipinski definition) is 15. The molecule has 0 aromatic heterocycles. The molecule has 4 fully saturated rings. The van der Waals surface area contributed by atoms with Gasteiger partial charge >= 0.3 is 5.97 Å². The van der Waals surface area contributed by atoms with Gasteiger partial charge in [0.1, 0.15) is 36.6 Å². The molecule has 3 aliphatic heterocycles. The fourth-order valence-electron chi connectivity index (χ4n) is 7.41. The number of esters is 1. The van der Waals surface area contributed by atoms with Crippen molar-refractivity contribution in [3.8, 4) is 0 Å². The maximum atomic E-state index is 14.1. The Labute approximate surface area is 281 Å². The van der Waals surface area contributed by atoms with Gasteiger partial charge < -0.3 is 69.9 Å². The summed E-state index contributed by atoms with van der Waals surface area (Å²) in [7, 11) is 0. The summed E-state index contributed by atoms with van der Waals surface area (Å²) in [4.78, 5) is 14.1. The highest BCUT2D eigenvalue weighted by Gasteiger charge is 2.55. The molecule has 15 heteroatoms. The van der Waals surface area contributed by atoms with Gasteiger partial charge in [-0.05, 0) is 57.8 Å². The third kappa shape index (κ3) is 8.09. The Morgan fingerprint density at radius 3 is 2.19 bits per heavy atom. The number of aliphatic hydroxyl groups is 7. The van der Waals surface area contributed by atoms with Crippen molar-refractivity contribution in [1.29, 1.82) is 0 Å². The lowest BCUT2D eigenvalue weighted by Gasteiger charge is -2.49. The van der Waals surface area contributed by atoms with Crippen molar-refractivity contribution in [2.45, 2.75) is 147 Å². The molecule has 0 aromatic carbocycles. The van der Waals surface area contributed by atoms with Gasteiger partial charge in [0.05, 0.1) is 49.4 Å². The van der Waals surface area contributed by atoms with Crippen LogP contribution in [0.1, 0.15) is 67.2 Å². The van der Waals surface area contributed by atoms with Gasteiger partial charge in [-0.3, -0.25) is 4.79 Å². The van der Waals surface area contributed by atoms with Crippen LogP contribution in [-0.2, 0) is 33.2 Å². The van der Waals surface area contributed by atoms with E-state index in [0.29, 0.717) is 6.42 Å². The highest BCUT2D eigenvalue weighted by molar-refractivity contribution is 5.77. The molecule has 0 bridgehead atoms. The van der Waals surface area contributed by atoms with Gasteiger partial charge in [0, 0.05) is 0 Å². The van der Waals surface area contributed by atoms with Gasteiger partial charge in [-0.25, -0.2) is 0 Å². The van der Waals surface area contributed by atoms with E-state index in [1.807, 2.05) is 20.8 Å². The Balaban J connectivity index is 1.55. The predicted molar refractivity (Wildman–Crippen MR) is 168 cm³/mol. The van der Waals surface area contributed by atoms with Crippen molar-refractivity contribution in [1.82, 2.24) is 0 Å². The smallest absolute Gasteiger partial charge is 0.314 e. The Morgan fingerprint density at radius 1 is 0.896 bits per heavy atom. The number of nitrogens with two attached hydrogens (primary N) is 1. The Hall–Kier alpha value is -1.31. The first-order valence-electron chi connectivity index (χ1n) is 17.0. The third-order valence-electron chi connectivity index (χ3n) is 10.7. The van der Waals surface area contributed by atoms with Gasteiger partial charge in [0.2, 0.25) is 6.29 Å². The minimum atomic E-state index is -1.63. The van der Waals surface area contributed by atoms with Crippen molar-refractivity contribution >= 4 is 5.97 Å². The van der Waals surface area contributed by atoms with Crippen LogP contribution in [-0.4, -0.2) is 141 Å². The lowest BCUT2D eigenvalue weighted by atomic mass is 9.58. The summed E-state index contributed by atoms with van der Waals surface area (Å²) >= 11 is 0. The first kappa shape index (κ1) is 39.5. The number of ether oxygens (including phenoxy) is 6. The molecule has 0 spiro atoms. The summed E-state index contributed by atoms with van der Waals surface area (Å²) in [5, 5.41) is 73.0. The summed E-state index contributed by atoms with van der Waals surface area (Å²) in [6, 6.07) is -1.15. The van der Waals surface area contributed by atoms with Gasteiger partial charge in [-0.15, -0.1) is 0 Å². The van der Waals surface area contributed by atoms with Crippen LogP contribution >= 0.6 is 0 Å². The molecule has 9 unspecified atom stereocenters. The van der Waals surface area contributed by atoms with Crippen LogP contribution in [0.25, 0.3) is 0 Å². The minimum Gasteiger partial charge on any atom is -0.432 e. The van der Waals surface area contributed by atoms with Crippen molar-refractivity contribution in [3.63, 3.8) is 0 Å². The van der Waals surface area contributed by atoms with Gasteiger partial charge in [-0.1, -0.05) is 32.4 Å². The van der Waals surface area contributed by atoms with Crippen LogP contribution in [0.5, 0.6) is 0 Å². The van der Waals surface area contributed by atoms with E-state index in [1.54, 1.807) is 0 Å². The van der Waals surface area contributed by atoms with Crippen molar-refractivity contribution in [2.75, 3.05) is 19.8 Å². The van der Waals surface area contributed by atoms with Crippen LogP contribution in [0, 0.1) is 22.7 Å². The van der Waals surface area contributed by atoms with E-state index < -0.39 is 110 Å². The molecule has 3 heterocycles. The molecular weight excluding hydrogens is 634 g/mol. The maximum absolute atomic E-state index is 14.1. The summed E-state index contributed by atoms with van der Waals surface area (Å²) in [5.41, 5.74) is 6.35. The summed E-state index contributed by atoms with van der Waals surface area (Å²) < 4.78 is 35.2. The molecule has 16 atom stereocenters. The fourth-order valence-corrected chi connectivity index (χ4v) is 7.41. The molecule has 3 saturated heterocycles. The molecule has 48 heavy (non-hydrogen) atoms. The van der Waals surface area contributed by atoms with Crippen LogP contribution in [0.2, 0.25) is 0 Å². The largest absolute Gasteiger partial charge is 0.432 e. The second-order valence-electron chi connectivity index (χ2n) is 14.9. The number of aliphatic hydroxyl groups excluding tert-OH is 7. The standard InChI is InChI=1S/C33H57NO14/c1-7-8-15(2)18-11-32(4,5)9-10-33(18,6)31(42)48-30-27(24(40)21(34)20(13-36)45-30)47-28-17(12-35)22(38)26(16(3)44-28)46-29-25(41)23(39)19(37)14-43-29/h8,16-30,35-41H,7,9-14,34H2,1-6H3/b15-8+/t16?,17?,18?,19-,20?,21+,22?,23?,24?,25?,26+,27?,28+,29+,30+,33-/m1/s1. The Kier molecular flexibility index (Phi) is 13.1. The fraction of sp³-hybridized carbons (Fsp3) is 0.909. The number of carbonyl (C=O) groups excluding carboxylic acids is 1. The highest BCUT2D eigenvalue weighted by Crippen LogP contribution is 2.52. The quantitative estimate of drug-likeness (QED) is 0.102. The zero-order valence-corrected chi connectivity index (χ0v) is 28.8.